The predicted octanol–water partition coefficient (Wildman–Crippen LogP) is 4.67. The second-order valence-electron chi connectivity index (χ2n) is 5.30. The van der Waals surface area contributed by atoms with Crippen LogP contribution in [0, 0.1) is 0 Å². The Morgan fingerprint density at radius 3 is 2.38 bits per heavy atom. The summed E-state index contributed by atoms with van der Waals surface area (Å²) in [4.78, 5) is 0.228. The predicted molar refractivity (Wildman–Crippen MR) is 89.6 cm³/mol. The minimum atomic E-state index is -3.52. The van der Waals surface area contributed by atoms with Crippen molar-refractivity contribution in [3.8, 4) is 0 Å². The second kappa shape index (κ2) is 8.37. The maximum Gasteiger partial charge on any atom is 0.243 e. The molecule has 0 saturated carbocycles. The molecular weight excluding hydrogens is 329 g/mol. The molecule has 0 heterocycles. The van der Waals surface area contributed by atoms with Gasteiger partial charge in [-0.25, -0.2) is 8.42 Å². The van der Waals surface area contributed by atoms with Gasteiger partial charge < -0.3 is 0 Å². The molecule has 0 N–H and O–H groups in total. The van der Waals surface area contributed by atoms with Gasteiger partial charge in [-0.2, -0.15) is 4.31 Å². The first-order valence-corrected chi connectivity index (χ1v) is 9.56. The molecule has 0 saturated heterocycles. The van der Waals surface area contributed by atoms with Crippen molar-refractivity contribution < 1.29 is 8.42 Å². The zero-order valence-corrected chi connectivity index (χ0v) is 15.1. The summed E-state index contributed by atoms with van der Waals surface area (Å²) in [5, 5.41) is 0.392. The Hall–Kier alpha value is -0.290. The molecule has 0 aromatic heterocycles. The van der Waals surface area contributed by atoms with Crippen LogP contribution in [-0.2, 0) is 15.9 Å². The highest BCUT2D eigenvalue weighted by Gasteiger charge is 2.26. The smallest absolute Gasteiger partial charge is 0.207 e. The van der Waals surface area contributed by atoms with E-state index in [4.69, 9.17) is 23.2 Å². The SMILES string of the molecule is CCCCCN(C(C)C)S(=O)(=O)c1ccc(CCl)c(Cl)c1. The molecule has 1 rings (SSSR count). The molecule has 0 bridgehead atoms. The van der Waals surface area contributed by atoms with E-state index in [1.165, 1.54) is 10.4 Å². The Kier molecular flexibility index (Phi) is 7.48. The first-order valence-electron chi connectivity index (χ1n) is 7.20. The molecule has 120 valence electrons. The van der Waals surface area contributed by atoms with Crippen LogP contribution in [0.15, 0.2) is 23.1 Å². The number of hydrogen-bond donors (Lipinski definition) is 0. The van der Waals surface area contributed by atoms with Gasteiger partial charge in [0.1, 0.15) is 0 Å². The molecule has 0 unspecified atom stereocenters. The maximum atomic E-state index is 12.8. The van der Waals surface area contributed by atoms with Crippen molar-refractivity contribution in [3.05, 3.63) is 28.8 Å². The minimum absolute atomic E-state index is 0.0849. The number of unbranched alkanes of at least 4 members (excludes halogenated alkanes) is 2. The van der Waals surface area contributed by atoms with Crippen molar-refractivity contribution >= 4 is 33.2 Å². The van der Waals surface area contributed by atoms with Gasteiger partial charge in [0.25, 0.3) is 0 Å². The van der Waals surface area contributed by atoms with Crippen LogP contribution in [0.3, 0.4) is 0 Å². The summed E-state index contributed by atoms with van der Waals surface area (Å²) in [6, 6.07) is 4.66. The monoisotopic (exact) mass is 351 g/mol. The third-order valence-corrected chi connectivity index (χ3v) is 6.04. The highest BCUT2D eigenvalue weighted by molar-refractivity contribution is 7.89. The van der Waals surface area contributed by atoms with E-state index in [1.54, 1.807) is 12.1 Å². The lowest BCUT2D eigenvalue weighted by molar-refractivity contribution is 0.345. The van der Waals surface area contributed by atoms with Gasteiger partial charge in [0.15, 0.2) is 0 Å². The van der Waals surface area contributed by atoms with Gasteiger partial charge in [-0.15, -0.1) is 11.6 Å². The normalized spacial score (nSPS) is 12.3. The summed E-state index contributed by atoms with van der Waals surface area (Å²) >= 11 is 11.8. The lowest BCUT2D eigenvalue weighted by Crippen LogP contribution is -2.37. The van der Waals surface area contributed by atoms with E-state index >= 15 is 0 Å². The van der Waals surface area contributed by atoms with Gasteiger partial charge in [0, 0.05) is 23.5 Å². The van der Waals surface area contributed by atoms with E-state index in [2.05, 4.69) is 6.92 Å². The lowest BCUT2D eigenvalue weighted by Gasteiger charge is -2.26. The van der Waals surface area contributed by atoms with E-state index in [1.807, 2.05) is 13.8 Å². The third kappa shape index (κ3) is 4.85. The summed E-state index contributed by atoms with van der Waals surface area (Å²) in [6.07, 6.45) is 2.94. The highest BCUT2D eigenvalue weighted by atomic mass is 35.5. The number of hydrogen-bond acceptors (Lipinski definition) is 2. The van der Waals surface area contributed by atoms with Gasteiger partial charge in [-0.1, -0.05) is 37.4 Å². The molecule has 0 radical (unpaired) electrons. The van der Waals surface area contributed by atoms with E-state index in [0.717, 1.165) is 24.8 Å². The van der Waals surface area contributed by atoms with Crippen molar-refractivity contribution in [1.82, 2.24) is 4.31 Å². The standard InChI is InChI=1S/C15H23Cl2NO2S/c1-4-5-6-9-18(12(2)3)21(19,20)14-8-7-13(11-16)15(17)10-14/h7-8,10,12H,4-6,9,11H2,1-3H3. The molecule has 0 spiro atoms. The quantitative estimate of drug-likeness (QED) is 0.504. The van der Waals surface area contributed by atoms with Crippen LogP contribution in [0.4, 0.5) is 0 Å². The Bertz CT molecular complexity index is 559. The Morgan fingerprint density at radius 2 is 1.90 bits per heavy atom. The molecule has 21 heavy (non-hydrogen) atoms. The van der Waals surface area contributed by atoms with E-state index in [9.17, 15) is 8.42 Å². The van der Waals surface area contributed by atoms with Crippen molar-refractivity contribution in [3.63, 3.8) is 0 Å². The molecule has 1 aromatic carbocycles. The third-order valence-electron chi connectivity index (χ3n) is 3.33. The molecule has 6 heteroatoms. The van der Waals surface area contributed by atoms with Crippen LogP contribution in [0.2, 0.25) is 5.02 Å². The van der Waals surface area contributed by atoms with Crippen LogP contribution in [0.1, 0.15) is 45.6 Å². The maximum absolute atomic E-state index is 12.8. The molecule has 0 fully saturated rings. The fourth-order valence-corrected chi connectivity index (χ4v) is 4.42. The number of benzene rings is 1. The second-order valence-corrected chi connectivity index (χ2v) is 7.87. The molecule has 0 aliphatic heterocycles. The largest absolute Gasteiger partial charge is 0.243 e. The average Bonchev–Trinajstić information content (AvgIpc) is 2.42. The Morgan fingerprint density at radius 1 is 1.24 bits per heavy atom. The van der Waals surface area contributed by atoms with E-state index < -0.39 is 10.0 Å². The van der Waals surface area contributed by atoms with Gasteiger partial charge in [-0.3, -0.25) is 0 Å². The van der Waals surface area contributed by atoms with Gasteiger partial charge in [0.2, 0.25) is 10.0 Å². The van der Waals surface area contributed by atoms with Crippen molar-refractivity contribution in [2.75, 3.05) is 6.54 Å². The molecule has 0 aliphatic carbocycles. The summed E-state index contributed by atoms with van der Waals surface area (Å²) in [5.74, 6) is 0.267. The summed E-state index contributed by atoms with van der Waals surface area (Å²) in [7, 11) is -3.52. The van der Waals surface area contributed by atoms with Crippen LogP contribution < -0.4 is 0 Å². The topological polar surface area (TPSA) is 37.4 Å². The van der Waals surface area contributed by atoms with Gasteiger partial charge >= 0.3 is 0 Å². The van der Waals surface area contributed by atoms with E-state index in [0.29, 0.717) is 11.6 Å². The Balaban J connectivity index is 3.08. The number of nitrogens with zero attached hydrogens (tertiary/aromatic N) is 1. The van der Waals surface area contributed by atoms with Crippen LogP contribution >= 0.6 is 23.2 Å². The molecule has 1 aromatic rings. The summed E-state index contributed by atoms with van der Waals surface area (Å²) in [5.41, 5.74) is 0.736. The first-order chi connectivity index (χ1) is 9.84. The first kappa shape index (κ1) is 18.8. The Labute approximate surface area is 138 Å². The highest BCUT2D eigenvalue weighted by Crippen LogP contribution is 2.25. The molecule has 0 atom stereocenters. The van der Waals surface area contributed by atoms with Gasteiger partial charge in [-0.05, 0) is 38.0 Å². The zero-order valence-electron chi connectivity index (χ0n) is 12.8. The molecular formula is C15H23Cl2NO2S. The number of sulfonamides is 1. The number of rotatable bonds is 8. The van der Waals surface area contributed by atoms with Crippen LogP contribution in [0.25, 0.3) is 0 Å². The zero-order chi connectivity index (χ0) is 16.0. The molecule has 3 nitrogen and oxygen atoms in total. The van der Waals surface area contributed by atoms with Crippen LogP contribution in [0.5, 0.6) is 0 Å². The van der Waals surface area contributed by atoms with Crippen molar-refractivity contribution in [1.29, 1.82) is 0 Å². The fourth-order valence-electron chi connectivity index (χ4n) is 2.11. The number of alkyl halides is 1. The van der Waals surface area contributed by atoms with Crippen LogP contribution in [-0.4, -0.2) is 25.3 Å². The summed E-state index contributed by atoms with van der Waals surface area (Å²) in [6.45, 7) is 6.40. The summed E-state index contributed by atoms with van der Waals surface area (Å²) < 4.78 is 27.0. The van der Waals surface area contributed by atoms with Crippen molar-refractivity contribution in [2.45, 2.75) is 56.9 Å². The van der Waals surface area contributed by atoms with E-state index in [-0.39, 0.29) is 16.8 Å². The fraction of sp³-hybridized carbons (Fsp3) is 0.600. The lowest BCUT2D eigenvalue weighted by atomic mass is 10.2. The minimum Gasteiger partial charge on any atom is -0.207 e. The molecule has 0 amide bonds. The van der Waals surface area contributed by atoms with Crippen molar-refractivity contribution in [2.24, 2.45) is 0 Å². The molecule has 0 aliphatic rings. The average molecular weight is 352 g/mol. The number of halogens is 2. The van der Waals surface area contributed by atoms with Gasteiger partial charge in [0.05, 0.1) is 4.90 Å².